The van der Waals surface area contributed by atoms with Gasteiger partial charge in [0.05, 0.1) is 11.1 Å². The van der Waals surface area contributed by atoms with Crippen LogP contribution in [0.3, 0.4) is 0 Å². The lowest BCUT2D eigenvalue weighted by molar-refractivity contribution is 0.174. The molecule has 1 aliphatic heterocycles. The molecular formula is C17H14N2O3. The monoisotopic (exact) mass is 294 g/mol. The van der Waals surface area contributed by atoms with Crippen LogP contribution in [-0.4, -0.2) is 11.4 Å². The van der Waals surface area contributed by atoms with Crippen LogP contribution in [0.5, 0.6) is 11.5 Å². The number of para-hydroxylation sites is 1. The summed E-state index contributed by atoms with van der Waals surface area (Å²) in [6.07, 6.45) is 0. The van der Waals surface area contributed by atoms with Gasteiger partial charge in [0.25, 0.3) is 0 Å². The molecule has 0 amide bonds. The average Bonchev–Trinajstić information content (AvgIpc) is 3.01. The first-order valence-electron chi connectivity index (χ1n) is 6.94. The third kappa shape index (κ3) is 1.69. The first-order chi connectivity index (χ1) is 10.7. The van der Waals surface area contributed by atoms with Crippen molar-refractivity contribution in [1.82, 2.24) is 4.57 Å². The Hall–Kier alpha value is -2.95. The normalized spacial score (nSPS) is 12.8. The Balaban J connectivity index is 2.05. The third-order valence-corrected chi connectivity index (χ3v) is 4.02. The molecule has 5 heteroatoms. The van der Waals surface area contributed by atoms with Crippen LogP contribution in [0.15, 0.2) is 47.3 Å². The SMILES string of the molecule is Cn1c(N)c(-c2ccc3c(c2)OCO3)c(=O)c2ccccc21. The molecule has 2 aromatic carbocycles. The average molecular weight is 294 g/mol. The molecule has 0 spiro atoms. The number of hydrogen-bond acceptors (Lipinski definition) is 4. The van der Waals surface area contributed by atoms with Gasteiger partial charge in [0.1, 0.15) is 5.82 Å². The second-order valence-corrected chi connectivity index (χ2v) is 5.23. The van der Waals surface area contributed by atoms with Crippen molar-refractivity contribution in [3.63, 3.8) is 0 Å². The minimum atomic E-state index is -0.0786. The second-order valence-electron chi connectivity index (χ2n) is 5.23. The summed E-state index contributed by atoms with van der Waals surface area (Å²) < 4.78 is 12.5. The highest BCUT2D eigenvalue weighted by atomic mass is 16.7. The Kier molecular flexibility index (Phi) is 2.63. The van der Waals surface area contributed by atoms with Crippen molar-refractivity contribution in [1.29, 1.82) is 0 Å². The first-order valence-corrected chi connectivity index (χ1v) is 6.94. The lowest BCUT2D eigenvalue weighted by Crippen LogP contribution is -2.15. The predicted molar refractivity (Wildman–Crippen MR) is 85.2 cm³/mol. The molecule has 0 saturated heterocycles. The van der Waals surface area contributed by atoms with Crippen LogP contribution in [0.2, 0.25) is 0 Å². The molecule has 22 heavy (non-hydrogen) atoms. The summed E-state index contributed by atoms with van der Waals surface area (Å²) in [6.45, 7) is 0.198. The zero-order chi connectivity index (χ0) is 15.3. The molecule has 110 valence electrons. The molecule has 0 saturated carbocycles. The molecule has 0 radical (unpaired) electrons. The maximum absolute atomic E-state index is 12.8. The van der Waals surface area contributed by atoms with Crippen molar-refractivity contribution in [3.8, 4) is 22.6 Å². The summed E-state index contributed by atoms with van der Waals surface area (Å²) in [7, 11) is 1.85. The molecule has 2 heterocycles. The van der Waals surface area contributed by atoms with Gasteiger partial charge in [-0.25, -0.2) is 0 Å². The Morgan fingerprint density at radius 2 is 1.86 bits per heavy atom. The summed E-state index contributed by atoms with van der Waals surface area (Å²) >= 11 is 0. The van der Waals surface area contributed by atoms with E-state index in [9.17, 15) is 4.79 Å². The quantitative estimate of drug-likeness (QED) is 0.749. The molecule has 2 N–H and O–H groups in total. The van der Waals surface area contributed by atoms with E-state index in [1.165, 1.54) is 0 Å². The van der Waals surface area contributed by atoms with Crippen molar-refractivity contribution in [2.24, 2.45) is 7.05 Å². The van der Waals surface area contributed by atoms with Crippen molar-refractivity contribution in [2.45, 2.75) is 0 Å². The van der Waals surface area contributed by atoms with E-state index in [1.807, 2.05) is 41.9 Å². The van der Waals surface area contributed by atoms with Gasteiger partial charge in [-0.2, -0.15) is 0 Å². The van der Waals surface area contributed by atoms with Gasteiger partial charge in [0, 0.05) is 12.4 Å². The van der Waals surface area contributed by atoms with E-state index >= 15 is 0 Å². The maximum atomic E-state index is 12.8. The van der Waals surface area contributed by atoms with E-state index in [-0.39, 0.29) is 12.2 Å². The van der Waals surface area contributed by atoms with E-state index < -0.39 is 0 Å². The van der Waals surface area contributed by atoms with E-state index in [0.717, 1.165) is 11.1 Å². The van der Waals surface area contributed by atoms with E-state index in [1.54, 1.807) is 12.1 Å². The summed E-state index contributed by atoms with van der Waals surface area (Å²) in [4.78, 5) is 12.8. The van der Waals surface area contributed by atoms with E-state index in [2.05, 4.69) is 0 Å². The predicted octanol–water partition coefficient (Wildman–Crippen LogP) is 2.52. The van der Waals surface area contributed by atoms with Gasteiger partial charge in [-0.3, -0.25) is 4.79 Å². The molecule has 0 aliphatic carbocycles. The van der Waals surface area contributed by atoms with Crippen LogP contribution in [-0.2, 0) is 7.05 Å². The molecule has 1 aromatic heterocycles. The number of anilines is 1. The van der Waals surface area contributed by atoms with Gasteiger partial charge in [-0.05, 0) is 29.8 Å². The van der Waals surface area contributed by atoms with E-state index in [0.29, 0.717) is 28.3 Å². The van der Waals surface area contributed by atoms with Gasteiger partial charge >= 0.3 is 0 Å². The van der Waals surface area contributed by atoms with Crippen molar-refractivity contribution in [3.05, 3.63) is 52.7 Å². The van der Waals surface area contributed by atoms with Gasteiger partial charge < -0.3 is 19.8 Å². The van der Waals surface area contributed by atoms with Crippen LogP contribution in [0.25, 0.3) is 22.0 Å². The highest BCUT2D eigenvalue weighted by Gasteiger charge is 2.18. The molecule has 3 aromatic rings. The topological polar surface area (TPSA) is 66.5 Å². The largest absolute Gasteiger partial charge is 0.454 e. The van der Waals surface area contributed by atoms with Crippen LogP contribution in [0, 0.1) is 0 Å². The highest BCUT2D eigenvalue weighted by Crippen LogP contribution is 2.36. The number of benzene rings is 2. The van der Waals surface area contributed by atoms with Crippen LogP contribution >= 0.6 is 0 Å². The Morgan fingerprint density at radius 3 is 2.73 bits per heavy atom. The molecule has 0 atom stereocenters. The number of fused-ring (bicyclic) bond motifs is 2. The zero-order valence-corrected chi connectivity index (χ0v) is 12.0. The second kappa shape index (κ2) is 4.53. The number of nitrogens with zero attached hydrogens (tertiary/aromatic N) is 1. The number of rotatable bonds is 1. The molecule has 1 aliphatic rings. The summed E-state index contributed by atoms with van der Waals surface area (Å²) in [5.74, 6) is 1.75. The number of nitrogens with two attached hydrogens (primary N) is 1. The first kappa shape index (κ1) is 12.8. The Morgan fingerprint density at radius 1 is 1.09 bits per heavy atom. The number of hydrogen-bond donors (Lipinski definition) is 1. The fourth-order valence-electron chi connectivity index (χ4n) is 2.84. The number of aromatic nitrogens is 1. The van der Waals surface area contributed by atoms with E-state index in [4.69, 9.17) is 15.2 Å². The molecule has 4 rings (SSSR count). The standard InChI is InChI=1S/C17H14N2O3/c1-19-12-5-3-2-4-11(12)16(20)15(17(19)18)10-6-7-13-14(8-10)22-9-21-13/h2-8H,9,18H2,1H3. The lowest BCUT2D eigenvalue weighted by atomic mass is 10.0. The summed E-state index contributed by atoms with van der Waals surface area (Å²) in [5.41, 5.74) is 8.17. The zero-order valence-electron chi connectivity index (χ0n) is 12.0. The van der Waals surface area contributed by atoms with Crippen LogP contribution in [0.4, 0.5) is 5.82 Å². The fraction of sp³-hybridized carbons (Fsp3) is 0.118. The molecular weight excluding hydrogens is 280 g/mol. The third-order valence-electron chi connectivity index (χ3n) is 4.02. The number of ether oxygens (including phenoxy) is 2. The minimum Gasteiger partial charge on any atom is -0.454 e. The van der Waals surface area contributed by atoms with Crippen molar-refractivity contribution >= 4 is 16.7 Å². The minimum absolute atomic E-state index is 0.0786. The van der Waals surface area contributed by atoms with Gasteiger partial charge in [0.15, 0.2) is 16.9 Å². The number of aryl methyl sites for hydroxylation is 1. The molecule has 0 bridgehead atoms. The summed E-state index contributed by atoms with van der Waals surface area (Å²) in [5, 5.41) is 0.645. The fourth-order valence-corrected chi connectivity index (χ4v) is 2.84. The van der Waals surface area contributed by atoms with Crippen LogP contribution < -0.4 is 20.6 Å². The Bertz CT molecular complexity index is 960. The van der Waals surface area contributed by atoms with Crippen molar-refractivity contribution in [2.75, 3.05) is 12.5 Å². The lowest BCUT2D eigenvalue weighted by Gasteiger charge is -2.14. The van der Waals surface area contributed by atoms with Gasteiger partial charge in [-0.1, -0.05) is 18.2 Å². The van der Waals surface area contributed by atoms with Crippen molar-refractivity contribution < 1.29 is 9.47 Å². The van der Waals surface area contributed by atoms with Gasteiger partial charge in [0.2, 0.25) is 6.79 Å². The van der Waals surface area contributed by atoms with Crippen LogP contribution in [0.1, 0.15) is 0 Å². The molecule has 5 nitrogen and oxygen atoms in total. The molecule has 0 unspecified atom stereocenters. The summed E-state index contributed by atoms with van der Waals surface area (Å²) in [6, 6.07) is 12.9. The maximum Gasteiger partial charge on any atom is 0.231 e. The number of pyridine rings is 1. The smallest absolute Gasteiger partial charge is 0.231 e. The molecule has 0 fully saturated rings. The number of nitrogen functional groups attached to an aromatic ring is 1. The van der Waals surface area contributed by atoms with Gasteiger partial charge in [-0.15, -0.1) is 0 Å². The Labute approximate surface area is 126 Å². The highest BCUT2D eigenvalue weighted by molar-refractivity contribution is 5.89.